The van der Waals surface area contributed by atoms with Gasteiger partial charge in [-0.3, -0.25) is 0 Å². The van der Waals surface area contributed by atoms with E-state index < -0.39 is 0 Å². The Balaban J connectivity index is 1.50. The Labute approximate surface area is 174 Å². The molecule has 2 fully saturated rings. The van der Waals surface area contributed by atoms with Crippen LogP contribution in [0.25, 0.3) is 6.08 Å². The lowest BCUT2D eigenvalue weighted by Gasteiger charge is -2.41. The van der Waals surface area contributed by atoms with E-state index in [0.717, 1.165) is 31.4 Å². The molecule has 3 nitrogen and oxygen atoms in total. The van der Waals surface area contributed by atoms with Crippen LogP contribution in [0, 0.1) is 5.92 Å². The van der Waals surface area contributed by atoms with Crippen LogP contribution in [0.2, 0.25) is 0 Å². The van der Waals surface area contributed by atoms with E-state index in [1.807, 2.05) is 36.4 Å². The van der Waals surface area contributed by atoms with Gasteiger partial charge in [0.1, 0.15) is 6.61 Å². The first-order chi connectivity index (χ1) is 14.3. The van der Waals surface area contributed by atoms with Gasteiger partial charge in [-0.05, 0) is 42.7 Å². The topological polar surface area (TPSA) is 29.5 Å². The lowest BCUT2D eigenvalue weighted by atomic mass is 9.78. The Morgan fingerprint density at radius 1 is 1.00 bits per heavy atom. The molecular weight excluding hydrogens is 358 g/mol. The maximum Gasteiger partial charge on any atom is 0.410 e. The van der Waals surface area contributed by atoms with Gasteiger partial charge in [-0.2, -0.15) is 0 Å². The van der Waals surface area contributed by atoms with Crippen LogP contribution in [0.15, 0.2) is 66.7 Å². The number of amides is 1. The first-order valence-electron chi connectivity index (χ1n) is 11.0. The summed E-state index contributed by atoms with van der Waals surface area (Å²) in [7, 11) is 0. The minimum atomic E-state index is -0.147. The average molecular weight is 390 g/mol. The van der Waals surface area contributed by atoms with E-state index in [4.69, 9.17) is 4.74 Å². The Morgan fingerprint density at radius 2 is 1.76 bits per heavy atom. The first kappa shape index (κ1) is 19.8. The summed E-state index contributed by atoms with van der Waals surface area (Å²) in [5.41, 5.74) is 2.16. The molecule has 2 unspecified atom stereocenters. The van der Waals surface area contributed by atoms with E-state index in [0.29, 0.717) is 12.5 Å². The molecule has 152 valence electrons. The van der Waals surface area contributed by atoms with Gasteiger partial charge < -0.3 is 9.64 Å². The fourth-order valence-electron chi connectivity index (χ4n) is 5.16. The third-order valence-corrected chi connectivity index (χ3v) is 6.67. The lowest BCUT2D eigenvalue weighted by molar-refractivity contribution is 0.0495. The van der Waals surface area contributed by atoms with Crippen LogP contribution in [0.4, 0.5) is 4.79 Å². The molecule has 2 atom stereocenters. The Kier molecular flexibility index (Phi) is 6.33. The number of fused-ring (bicyclic) bond motifs is 1. The average Bonchev–Trinajstić information content (AvgIpc) is 2.99. The highest BCUT2D eigenvalue weighted by molar-refractivity contribution is 5.69. The normalized spacial score (nSPS) is 24.3. The molecule has 2 aromatic carbocycles. The van der Waals surface area contributed by atoms with Crippen molar-refractivity contribution in [2.45, 2.75) is 57.1 Å². The third-order valence-electron chi connectivity index (χ3n) is 6.67. The summed E-state index contributed by atoms with van der Waals surface area (Å²) in [5, 5.41) is 0. The summed E-state index contributed by atoms with van der Waals surface area (Å²) in [6.07, 6.45) is 12.4. The van der Waals surface area contributed by atoms with Gasteiger partial charge in [-0.15, -0.1) is 0 Å². The summed E-state index contributed by atoms with van der Waals surface area (Å²) < 4.78 is 5.75. The van der Waals surface area contributed by atoms with Crippen molar-refractivity contribution in [2.75, 3.05) is 6.54 Å². The summed E-state index contributed by atoms with van der Waals surface area (Å²) >= 11 is 0. The Morgan fingerprint density at radius 3 is 2.55 bits per heavy atom. The molecule has 29 heavy (non-hydrogen) atoms. The van der Waals surface area contributed by atoms with Crippen LogP contribution in [0.1, 0.15) is 56.1 Å². The molecule has 1 saturated carbocycles. The molecule has 0 spiro atoms. The predicted molar refractivity (Wildman–Crippen MR) is 117 cm³/mol. The lowest BCUT2D eigenvalue weighted by Crippen LogP contribution is -2.50. The zero-order valence-corrected chi connectivity index (χ0v) is 17.1. The summed E-state index contributed by atoms with van der Waals surface area (Å²) in [4.78, 5) is 15.2. The van der Waals surface area contributed by atoms with Crippen molar-refractivity contribution in [1.82, 2.24) is 4.90 Å². The van der Waals surface area contributed by atoms with Gasteiger partial charge in [0.05, 0.1) is 5.54 Å². The van der Waals surface area contributed by atoms with Crippen LogP contribution in [0.3, 0.4) is 0 Å². The van der Waals surface area contributed by atoms with Gasteiger partial charge in [0, 0.05) is 6.54 Å². The molecule has 0 radical (unpaired) electrons. The fraction of sp³-hybridized carbons (Fsp3) is 0.423. The second kappa shape index (κ2) is 9.30. The second-order valence-corrected chi connectivity index (χ2v) is 8.40. The van der Waals surface area contributed by atoms with Crippen LogP contribution >= 0.6 is 0 Å². The quantitative estimate of drug-likeness (QED) is 0.588. The molecule has 1 heterocycles. The molecule has 4 rings (SSSR count). The first-order valence-corrected chi connectivity index (χ1v) is 11.0. The van der Waals surface area contributed by atoms with E-state index in [2.05, 4.69) is 41.3 Å². The molecule has 2 aliphatic rings. The highest BCUT2D eigenvalue weighted by Crippen LogP contribution is 2.47. The second-order valence-electron chi connectivity index (χ2n) is 8.40. The van der Waals surface area contributed by atoms with E-state index in [-0.39, 0.29) is 11.6 Å². The van der Waals surface area contributed by atoms with Crippen LogP contribution in [-0.2, 0) is 11.3 Å². The zero-order chi connectivity index (χ0) is 19.9. The number of benzene rings is 2. The maximum absolute atomic E-state index is 13.1. The maximum atomic E-state index is 13.1. The van der Waals surface area contributed by atoms with Gasteiger partial charge in [-0.1, -0.05) is 92.1 Å². The van der Waals surface area contributed by atoms with Gasteiger partial charge in [0.2, 0.25) is 0 Å². The van der Waals surface area contributed by atoms with Crippen molar-refractivity contribution in [3.05, 3.63) is 77.9 Å². The smallest absolute Gasteiger partial charge is 0.410 e. The zero-order valence-electron chi connectivity index (χ0n) is 17.1. The van der Waals surface area contributed by atoms with Gasteiger partial charge in [-0.25, -0.2) is 4.79 Å². The highest BCUT2D eigenvalue weighted by atomic mass is 16.6. The van der Waals surface area contributed by atoms with E-state index in [1.165, 1.54) is 31.2 Å². The molecule has 0 bridgehead atoms. The van der Waals surface area contributed by atoms with Crippen molar-refractivity contribution in [1.29, 1.82) is 0 Å². The molecule has 3 heteroatoms. The number of carbonyl (C=O) groups is 1. The van der Waals surface area contributed by atoms with Crippen molar-refractivity contribution < 1.29 is 9.53 Å². The van der Waals surface area contributed by atoms with E-state index in [9.17, 15) is 4.79 Å². The van der Waals surface area contributed by atoms with Crippen molar-refractivity contribution >= 4 is 12.2 Å². The third kappa shape index (κ3) is 4.55. The van der Waals surface area contributed by atoms with Crippen molar-refractivity contribution in [3.8, 4) is 0 Å². The molecule has 2 aromatic rings. The number of rotatable bonds is 5. The summed E-state index contributed by atoms with van der Waals surface area (Å²) in [5.74, 6) is 0.578. The predicted octanol–water partition coefficient (Wildman–Crippen LogP) is 6.45. The number of ether oxygens (including phenoxy) is 1. The fourth-order valence-corrected chi connectivity index (χ4v) is 5.16. The van der Waals surface area contributed by atoms with E-state index in [1.54, 1.807) is 0 Å². The number of likely N-dealkylation sites (tertiary alicyclic amines) is 1. The van der Waals surface area contributed by atoms with Gasteiger partial charge in [0.15, 0.2) is 0 Å². The molecule has 0 N–H and O–H groups in total. The van der Waals surface area contributed by atoms with Crippen LogP contribution in [-0.4, -0.2) is 23.1 Å². The number of carbonyl (C=O) groups excluding carboxylic acids is 1. The highest BCUT2D eigenvalue weighted by Gasteiger charge is 2.50. The van der Waals surface area contributed by atoms with Crippen LogP contribution in [0.5, 0.6) is 0 Å². The van der Waals surface area contributed by atoms with Gasteiger partial charge in [0.25, 0.3) is 0 Å². The summed E-state index contributed by atoms with van der Waals surface area (Å²) in [6.45, 7) is 1.16. The van der Waals surface area contributed by atoms with Crippen molar-refractivity contribution in [3.63, 3.8) is 0 Å². The molecule has 1 aliphatic carbocycles. The van der Waals surface area contributed by atoms with Crippen molar-refractivity contribution in [2.24, 2.45) is 5.92 Å². The van der Waals surface area contributed by atoms with E-state index >= 15 is 0 Å². The minimum Gasteiger partial charge on any atom is -0.445 e. The molecule has 1 amide bonds. The standard InChI is InChI=1S/C26H31NO2/c28-25(29-21-23-13-6-2-7-14-23)27-20-17-24-16-8-3-9-18-26(24,27)19-10-15-22-11-4-1-5-12-22/h1-2,4-7,10-15,24H,3,8-9,16-21H2/b15-10+. The Bertz CT molecular complexity index is 817. The molecular formula is C26H31NO2. The monoisotopic (exact) mass is 389 g/mol. The SMILES string of the molecule is O=C(OCc1ccccc1)N1CCC2CCCCCC21C/C=C/c1ccccc1. The number of hydrogen-bond acceptors (Lipinski definition) is 2. The molecule has 1 saturated heterocycles. The molecule has 0 aromatic heterocycles. The number of nitrogens with zero attached hydrogens (tertiary/aromatic N) is 1. The Hall–Kier alpha value is -2.55. The van der Waals surface area contributed by atoms with Crippen LogP contribution < -0.4 is 0 Å². The largest absolute Gasteiger partial charge is 0.445 e. The molecule has 1 aliphatic heterocycles. The summed E-state index contributed by atoms with van der Waals surface area (Å²) in [6, 6.07) is 20.4. The minimum absolute atomic E-state index is 0.0877. The number of hydrogen-bond donors (Lipinski definition) is 0. The van der Waals surface area contributed by atoms with Gasteiger partial charge >= 0.3 is 6.09 Å².